The van der Waals surface area contributed by atoms with Crippen LogP contribution in [0.3, 0.4) is 0 Å². The van der Waals surface area contributed by atoms with Gasteiger partial charge in [0.1, 0.15) is 0 Å². The van der Waals surface area contributed by atoms with Gasteiger partial charge in [-0.3, -0.25) is 4.68 Å². The Kier molecular flexibility index (Phi) is 3.63. The molecule has 4 heteroatoms. The fourth-order valence-electron chi connectivity index (χ4n) is 3.62. The molecule has 1 unspecified atom stereocenters. The highest BCUT2D eigenvalue weighted by molar-refractivity contribution is 5.24. The second-order valence-electron chi connectivity index (χ2n) is 6.28. The van der Waals surface area contributed by atoms with Gasteiger partial charge in [0.2, 0.25) is 0 Å². The van der Waals surface area contributed by atoms with E-state index in [1.54, 1.807) is 0 Å². The molecular formula is C15H25N3O. The summed E-state index contributed by atoms with van der Waals surface area (Å²) in [6, 6.07) is 0.378. The Morgan fingerprint density at radius 2 is 2.16 bits per heavy atom. The van der Waals surface area contributed by atoms with Crippen LogP contribution >= 0.6 is 0 Å². The maximum absolute atomic E-state index is 10.6. The summed E-state index contributed by atoms with van der Waals surface area (Å²) in [5, 5.41) is 18.5. The van der Waals surface area contributed by atoms with Crippen LogP contribution in [0.4, 0.5) is 0 Å². The van der Waals surface area contributed by atoms with E-state index in [-0.39, 0.29) is 0 Å². The fraction of sp³-hybridized carbons (Fsp3) is 0.800. The number of aromatic nitrogens is 2. The minimum Gasteiger partial charge on any atom is -0.389 e. The van der Waals surface area contributed by atoms with Crippen LogP contribution < -0.4 is 5.32 Å². The zero-order chi connectivity index (χ0) is 13.3. The summed E-state index contributed by atoms with van der Waals surface area (Å²) in [5.74, 6) is 0. The Hall–Kier alpha value is -0.870. The summed E-state index contributed by atoms with van der Waals surface area (Å²) < 4.78 is 2.00. The molecule has 1 fully saturated rings. The van der Waals surface area contributed by atoms with Gasteiger partial charge in [0.15, 0.2) is 0 Å². The summed E-state index contributed by atoms with van der Waals surface area (Å²) in [6.07, 6.45) is 11.0. The molecule has 1 aromatic heterocycles. The van der Waals surface area contributed by atoms with E-state index in [0.29, 0.717) is 6.04 Å². The highest BCUT2D eigenvalue weighted by Crippen LogP contribution is 2.31. The largest absolute Gasteiger partial charge is 0.389 e. The molecule has 2 aliphatic rings. The van der Waals surface area contributed by atoms with Crippen LogP contribution in [0.5, 0.6) is 0 Å². The average Bonchev–Trinajstić information content (AvgIpc) is 2.80. The smallest absolute Gasteiger partial charge is 0.0771 e. The normalized spacial score (nSPS) is 26.1. The van der Waals surface area contributed by atoms with Gasteiger partial charge in [0.05, 0.1) is 11.8 Å². The van der Waals surface area contributed by atoms with Gasteiger partial charge < -0.3 is 10.4 Å². The van der Waals surface area contributed by atoms with Crippen LogP contribution in [0.25, 0.3) is 0 Å². The minimum atomic E-state index is -0.474. The van der Waals surface area contributed by atoms with Crippen LogP contribution in [0.2, 0.25) is 0 Å². The van der Waals surface area contributed by atoms with Crippen LogP contribution in [-0.2, 0) is 13.5 Å². The molecule has 0 bridgehead atoms. The number of aliphatic hydroxyl groups is 1. The first-order valence-corrected chi connectivity index (χ1v) is 7.64. The van der Waals surface area contributed by atoms with E-state index in [0.717, 1.165) is 32.2 Å². The number of hydrogen-bond acceptors (Lipinski definition) is 3. The third-order valence-electron chi connectivity index (χ3n) is 4.84. The highest BCUT2D eigenvalue weighted by Gasteiger charge is 2.31. The molecule has 2 N–H and O–H groups in total. The first-order chi connectivity index (χ1) is 9.18. The average molecular weight is 263 g/mol. The van der Waals surface area contributed by atoms with E-state index >= 15 is 0 Å². The van der Waals surface area contributed by atoms with Crippen molar-refractivity contribution in [2.45, 2.75) is 63.0 Å². The Morgan fingerprint density at radius 1 is 1.37 bits per heavy atom. The molecule has 0 radical (unpaired) electrons. The predicted octanol–water partition coefficient (Wildman–Crippen LogP) is 2.08. The monoisotopic (exact) mass is 263 g/mol. The summed E-state index contributed by atoms with van der Waals surface area (Å²) in [4.78, 5) is 0. The molecule has 0 aromatic carbocycles. The molecule has 0 aliphatic heterocycles. The van der Waals surface area contributed by atoms with Crippen molar-refractivity contribution < 1.29 is 5.11 Å². The van der Waals surface area contributed by atoms with Gasteiger partial charge in [0.25, 0.3) is 0 Å². The minimum absolute atomic E-state index is 0.378. The number of nitrogens with zero attached hydrogens (tertiary/aromatic N) is 2. The van der Waals surface area contributed by atoms with E-state index in [4.69, 9.17) is 0 Å². The third kappa shape index (κ3) is 2.70. The Balaban J connectivity index is 1.64. The van der Waals surface area contributed by atoms with Gasteiger partial charge in [-0.15, -0.1) is 0 Å². The van der Waals surface area contributed by atoms with Crippen molar-refractivity contribution in [3.05, 3.63) is 17.5 Å². The van der Waals surface area contributed by atoms with Crippen molar-refractivity contribution >= 4 is 0 Å². The lowest BCUT2D eigenvalue weighted by Gasteiger charge is -2.34. The van der Waals surface area contributed by atoms with Crippen LogP contribution in [0, 0.1) is 0 Å². The molecule has 1 aromatic rings. The zero-order valence-corrected chi connectivity index (χ0v) is 11.9. The van der Waals surface area contributed by atoms with Crippen LogP contribution in [-0.4, -0.2) is 27.0 Å². The molecule has 4 nitrogen and oxygen atoms in total. The van der Waals surface area contributed by atoms with Crippen molar-refractivity contribution in [1.82, 2.24) is 15.1 Å². The van der Waals surface area contributed by atoms with Crippen LogP contribution in [0.15, 0.2) is 6.20 Å². The zero-order valence-electron chi connectivity index (χ0n) is 11.9. The standard InChI is InChI=1S/C15H25N3O/c1-18-14-7-5-6-13(12(14)10-17-18)16-11-15(19)8-3-2-4-9-15/h10,13,16,19H,2-9,11H2,1H3. The number of nitrogens with one attached hydrogen (secondary N) is 1. The van der Waals surface area contributed by atoms with E-state index in [1.165, 1.54) is 36.9 Å². The molecule has 106 valence electrons. The van der Waals surface area contributed by atoms with E-state index in [9.17, 15) is 5.11 Å². The fourth-order valence-corrected chi connectivity index (χ4v) is 3.62. The number of hydrogen-bond donors (Lipinski definition) is 2. The van der Waals surface area contributed by atoms with Crippen LogP contribution in [0.1, 0.15) is 62.2 Å². The SMILES string of the molecule is Cn1ncc2c1CCCC2NCC1(O)CCCCC1. The maximum Gasteiger partial charge on any atom is 0.0771 e. The topological polar surface area (TPSA) is 50.1 Å². The van der Waals surface area contributed by atoms with E-state index in [2.05, 4.69) is 10.4 Å². The van der Waals surface area contributed by atoms with Crippen molar-refractivity contribution in [1.29, 1.82) is 0 Å². The second-order valence-corrected chi connectivity index (χ2v) is 6.28. The Bertz CT molecular complexity index is 435. The van der Waals surface area contributed by atoms with E-state index in [1.807, 2.05) is 17.9 Å². The quantitative estimate of drug-likeness (QED) is 0.878. The maximum atomic E-state index is 10.6. The van der Waals surface area contributed by atoms with Gasteiger partial charge in [-0.25, -0.2) is 0 Å². The number of rotatable bonds is 3. The van der Waals surface area contributed by atoms with Gasteiger partial charge in [-0.2, -0.15) is 5.10 Å². The molecular weight excluding hydrogens is 238 g/mol. The molecule has 3 rings (SSSR count). The predicted molar refractivity (Wildman–Crippen MR) is 74.9 cm³/mol. The second kappa shape index (κ2) is 5.25. The van der Waals surface area contributed by atoms with Gasteiger partial charge >= 0.3 is 0 Å². The number of aryl methyl sites for hydroxylation is 1. The summed E-state index contributed by atoms with van der Waals surface area (Å²) in [5.41, 5.74) is 2.23. The lowest BCUT2D eigenvalue weighted by atomic mass is 9.84. The summed E-state index contributed by atoms with van der Waals surface area (Å²) in [7, 11) is 2.02. The first-order valence-electron chi connectivity index (χ1n) is 7.64. The summed E-state index contributed by atoms with van der Waals surface area (Å²) >= 11 is 0. The third-order valence-corrected chi connectivity index (χ3v) is 4.84. The number of fused-ring (bicyclic) bond motifs is 1. The highest BCUT2D eigenvalue weighted by atomic mass is 16.3. The molecule has 19 heavy (non-hydrogen) atoms. The van der Waals surface area contributed by atoms with Crippen molar-refractivity contribution in [3.8, 4) is 0 Å². The first kappa shape index (κ1) is 13.1. The van der Waals surface area contributed by atoms with Gasteiger partial charge in [0, 0.05) is 30.9 Å². The van der Waals surface area contributed by atoms with Crippen molar-refractivity contribution in [2.75, 3.05) is 6.54 Å². The van der Waals surface area contributed by atoms with Crippen molar-refractivity contribution in [3.63, 3.8) is 0 Å². The lowest BCUT2D eigenvalue weighted by Crippen LogP contribution is -2.43. The molecule has 2 aliphatic carbocycles. The Morgan fingerprint density at radius 3 is 2.95 bits per heavy atom. The molecule has 1 atom stereocenters. The Labute approximate surface area is 115 Å². The molecule has 0 saturated heterocycles. The van der Waals surface area contributed by atoms with Gasteiger partial charge in [-0.05, 0) is 32.1 Å². The molecule has 1 heterocycles. The van der Waals surface area contributed by atoms with Crippen molar-refractivity contribution in [2.24, 2.45) is 7.05 Å². The molecule has 0 amide bonds. The van der Waals surface area contributed by atoms with E-state index < -0.39 is 5.60 Å². The van der Waals surface area contributed by atoms with Gasteiger partial charge in [-0.1, -0.05) is 19.3 Å². The summed E-state index contributed by atoms with van der Waals surface area (Å²) in [6.45, 7) is 0.728. The molecule has 0 spiro atoms. The molecule has 1 saturated carbocycles. The lowest BCUT2D eigenvalue weighted by molar-refractivity contribution is 0.00214.